The molecule has 60 heavy (non-hydrogen) atoms. The predicted octanol–water partition coefficient (Wildman–Crippen LogP) is 17.5. The number of amides is 1. The van der Waals surface area contributed by atoms with Gasteiger partial charge in [-0.1, -0.05) is 268 Å². The first-order valence-electron chi connectivity index (χ1n) is 26.9. The molecule has 0 saturated heterocycles. The lowest BCUT2D eigenvalue weighted by molar-refractivity contribution is -0.123. The van der Waals surface area contributed by atoms with Gasteiger partial charge in [-0.2, -0.15) is 0 Å². The van der Waals surface area contributed by atoms with Gasteiger partial charge in [-0.25, -0.2) is 0 Å². The molecule has 0 aliphatic carbocycles. The van der Waals surface area contributed by atoms with E-state index in [1.54, 1.807) is 6.08 Å². The van der Waals surface area contributed by atoms with Crippen LogP contribution in [0.5, 0.6) is 0 Å². The molecule has 0 aliphatic heterocycles. The van der Waals surface area contributed by atoms with Crippen molar-refractivity contribution in [2.75, 3.05) is 6.61 Å². The lowest BCUT2D eigenvalue weighted by atomic mass is 10.0. The minimum absolute atomic E-state index is 0.0640. The molecule has 0 aliphatic rings. The van der Waals surface area contributed by atoms with Crippen LogP contribution in [0.1, 0.15) is 284 Å². The average Bonchev–Trinajstić information content (AvgIpc) is 3.25. The van der Waals surface area contributed by atoms with Crippen LogP contribution in [0.4, 0.5) is 0 Å². The molecule has 3 N–H and O–H groups in total. The fraction of sp³-hybridized carbons (Fsp3) is 0.839. The van der Waals surface area contributed by atoms with Crippen LogP contribution in [0.25, 0.3) is 0 Å². The van der Waals surface area contributed by atoms with Crippen molar-refractivity contribution in [3.63, 3.8) is 0 Å². The molecule has 352 valence electrons. The third kappa shape index (κ3) is 47.4. The standard InChI is InChI=1S/C56H105NO3/c1-3-5-7-9-11-13-15-17-19-21-23-25-26-27-28-29-30-32-34-36-38-40-42-44-46-48-50-52-56(60)57-54(53-58)55(59)51-49-47-45-43-41-39-37-35-33-31-24-22-20-18-16-14-12-10-8-6-4-2/h15,17,21,23,26-27,49,51,54-55,58-59H,3-14,16,18-20,22,24-25,28-48,50,52-53H2,1-2H3,(H,57,60)/b17-15-,23-21-,27-26-,51-49+. The first-order valence-corrected chi connectivity index (χ1v) is 26.9. The van der Waals surface area contributed by atoms with Gasteiger partial charge >= 0.3 is 0 Å². The van der Waals surface area contributed by atoms with Crippen LogP contribution in [-0.2, 0) is 4.79 Å². The number of hydrogen-bond donors (Lipinski definition) is 3. The second kappa shape index (κ2) is 51.7. The van der Waals surface area contributed by atoms with Crippen molar-refractivity contribution in [3.05, 3.63) is 48.6 Å². The molecule has 0 radical (unpaired) electrons. The molecule has 1 amide bonds. The van der Waals surface area contributed by atoms with Crippen molar-refractivity contribution >= 4 is 5.91 Å². The maximum atomic E-state index is 12.5. The molecule has 0 aromatic carbocycles. The quantitative estimate of drug-likeness (QED) is 0.0422. The van der Waals surface area contributed by atoms with E-state index in [9.17, 15) is 15.0 Å². The van der Waals surface area contributed by atoms with E-state index in [0.29, 0.717) is 6.42 Å². The highest BCUT2D eigenvalue weighted by Crippen LogP contribution is 2.16. The maximum Gasteiger partial charge on any atom is 0.220 e. The second-order valence-electron chi connectivity index (χ2n) is 18.3. The minimum Gasteiger partial charge on any atom is -0.394 e. The summed E-state index contributed by atoms with van der Waals surface area (Å²) >= 11 is 0. The van der Waals surface area contributed by atoms with Crippen LogP contribution >= 0.6 is 0 Å². The number of carbonyl (C=O) groups excluding carboxylic acids is 1. The van der Waals surface area contributed by atoms with Crippen molar-refractivity contribution in [1.82, 2.24) is 5.32 Å². The molecule has 0 heterocycles. The molecular formula is C56H105NO3. The van der Waals surface area contributed by atoms with E-state index in [1.807, 2.05) is 6.08 Å². The van der Waals surface area contributed by atoms with Gasteiger partial charge in [0.15, 0.2) is 0 Å². The van der Waals surface area contributed by atoms with Gasteiger partial charge < -0.3 is 15.5 Å². The SMILES string of the molecule is CCCCCCC/C=C\C/C=C\C/C=C\CCCCCCCCCCCCCCC(=O)NC(CO)C(O)/C=C/CCCCCCCCCCCCCCCCCCCCC. The smallest absolute Gasteiger partial charge is 0.220 e. The lowest BCUT2D eigenvalue weighted by Crippen LogP contribution is -2.45. The summed E-state index contributed by atoms with van der Waals surface area (Å²) in [4.78, 5) is 12.5. The summed E-state index contributed by atoms with van der Waals surface area (Å²) in [5.41, 5.74) is 0. The van der Waals surface area contributed by atoms with Crippen molar-refractivity contribution in [3.8, 4) is 0 Å². The largest absolute Gasteiger partial charge is 0.394 e. The molecule has 0 rings (SSSR count). The topological polar surface area (TPSA) is 69.6 Å². The van der Waals surface area contributed by atoms with Gasteiger partial charge in [-0.05, 0) is 57.8 Å². The van der Waals surface area contributed by atoms with Gasteiger partial charge in [0, 0.05) is 6.42 Å². The molecule has 0 aromatic rings. The Balaban J connectivity index is 3.52. The molecule has 2 unspecified atom stereocenters. The lowest BCUT2D eigenvalue weighted by Gasteiger charge is -2.20. The molecule has 0 aromatic heterocycles. The fourth-order valence-electron chi connectivity index (χ4n) is 8.19. The summed E-state index contributed by atoms with van der Waals surface area (Å²) in [5.74, 6) is -0.0640. The van der Waals surface area contributed by atoms with E-state index in [2.05, 4.69) is 55.6 Å². The minimum atomic E-state index is -0.841. The van der Waals surface area contributed by atoms with Crippen molar-refractivity contribution < 1.29 is 15.0 Å². The van der Waals surface area contributed by atoms with Gasteiger partial charge in [-0.15, -0.1) is 0 Å². The van der Waals surface area contributed by atoms with E-state index >= 15 is 0 Å². The Morgan fingerprint density at radius 1 is 0.400 bits per heavy atom. The number of aliphatic hydroxyl groups excluding tert-OH is 2. The van der Waals surface area contributed by atoms with E-state index in [1.165, 1.54) is 225 Å². The normalized spacial score (nSPS) is 13.2. The highest BCUT2D eigenvalue weighted by molar-refractivity contribution is 5.76. The summed E-state index contributed by atoms with van der Waals surface area (Å²) in [6, 6.07) is -0.625. The first-order chi connectivity index (χ1) is 29.7. The van der Waals surface area contributed by atoms with Gasteiger partial charge in [0.25, 0.3) is 0 Å². The number of aliphatic hydroxyl groups is 2. The number of hydrogen-bond acceptors (Lipinski definition) is 3. The van der Waals surface area contributed by atoms with Crippen molar-refractivity contribution in [1.29, 1.82) is 0 Å². The number of rotatable bonds is 49. The third-order valence-corrected chi connectivity index (χ3v) is 12.3. The predicted molar refractivity (Wildman–Crippen MR) is 267 cm³/mol. The molecular weight excluding hydrogens is 735 g/mol. The molecule has 0 spiro atoms. The van der Waals surface area contributed by atoms with Crippen LogP contribution < -0.4 is 5.32 Å². The molecule has 2 atom stereocenters. The Kier molecular flexibility index (Phi) is 50.3. The van der Waals surface area contributed by atoms with Crippen molar-refractivity contribution in [2.24, 2.45) is 0 Å². The Hall–Kier alpha value is -1.65. The Morgan fingerprint density at radius 3 is 1.02 bits per heavy atom. The van der Waals surface area contributed by atoms with Crippen LogP contribution in [0.2, 0.25) is 0 Å². The van der Waals surface area contributed by atoms with E-state index in [4.69, 9.17) is 0 Å². The van der Waals surface area contributed by atoms with Crippen LogP contribution in [0, 0.1) is 0 Å². The Labute approximate surface area is 375 Å². The Morgan fingerprint density at radius 2 is 0.683 bits per heavy atom. The fourth-order valence-corrected chi connectivity index (χ4v) is 8.19. The summed E-state index contributed by atoms with van der Waals surface area (Å²) in [5, 5.41) is 23.2. The third-order valence-electron chi connectivity index (χ3n) is 12.3. The van der Waals surface area contributed by atoms with Crippen LogP contribution in [0.3, 0.4) is 0 Å². The zero-order chi connectivity index (χ0) is 43.5. The highest BCUT2D eigenvalue weighted by atomic mass is 16.3. The van der Waals surface area contributed by atoms with Gasteiger partial charge in [0.05, 0.1) is 18.8 Å². The second-order valence-corrected chi connectivity index (χ2v) is 18.3. The monoisotopic (exact) mass is 840 g/mol. The summed E-state index contributed by atoms with van der Waals surface area (Å²) in [6.07, 6.45) is 71.1. The zero-order valence-electron chi connectivity index (χ0n) is 40.5. The first kappa shape index (κ1) is 58.4. The molecule has 0 fully saturated rings. The van der Waals surface area contributed by atoms with Gasteiger partial charge in [0.1, 0.15) is 0 Å². The van der Waals surface area contributed by atoms with E-state index in [0.717, 1.165) is 38.5 Å². The molecule has 4 nitrogen and oxygen atoms in total. The van der Waals surface area contributed by atoms with E-state index in [-0.39, 0.29) is 12.5 Å². The van der Waals surface area contributed by atoms with Crippen LogP contribution in [-0.4, -0.2) is 34.9 Å². The van der Waals surface area contributed by atoms with Crippen LogP contribution in [0.15, 0.2) is 48.6 Å². The van der Waals surface area contributed by atoms with E-state index < -0.39 is 12.1 Å². The zero-order valence-corrected chi connectivity index (χ0v) is 40.5. The number of nitrogens with one attached hydrogen (secondary N) is 1. The average molecular weight is 840 g/mol. The van der Waals surface area contributed by atoms with Gasteiger partial charge in [0.2, 0.25) is 5.91 Å². The highest BCUT2D eigenvalue weighted by Gasteiger charge is 2.18. The van der Waals surface area contributed by atoms with Gasteiger partial charge in [-0.3, -0.25) is 4.79 Å². The number of unbranched alkanes of at least 4 members (excludes halogenated alkanes) is 36. The Bertz CT molecular complexity index is 954. The maximum absolute atomic E-state index is 12.5. The number of carbonyl (C=O) groups is 1. The molecule has 4 heteroatoms. The summed E-state index contributed by atoms with van der Waals surface area (Å²) < 4.78 is 0. The van der Waals surface area contributed by atoms with Crippen molar-refractivity contribution in [2.45, 2.75) is 296 Å². The number of allylic oxidation sites excluding steroid dienone is 7. The summed E-state index contributed by atoms with van der Waals surface area (Å²) in [7, 11) is 0. The molecule has 0 bridgehead atoms. The summed E-state index contributed by atoms with van der Waals surface area (Å²) in [6.45, 7) is 4.32. The molecule has 0 saturated carbocycles.